The van der Waals surface area contributed by atoms with E-state index in [1.54, 1.807) is 25.1 Å². The summed E-state index contributed by atoms with van der Waals surface area (Å²) in [5.41, 5.74) is 3.06. The summed E-state index contributed by atoms with van der Waals surface area (Å²) >= 11 is 0. The third-order valence-corrected chi connectivity index (χ3v) is 3.37. The zero-order valence-electron chi connectivity index (χ0n) is 12.5. The minimum atomic E-state index is -0.279. The minimum absolute atomic E-state index is 0.141. The molecule has 0 heterocycles. The number of rotatable bonds is 3. The molecule has 0 fully saturated rings. The van der Waals surface area contributed by atoms with Crippen LogP contribution in [0, 0.1) is 12.7 Å². The fraction of sp³-hybridized carbons (Fsp3) is 0.333. The summed E-state index contributed by atoms with van der Waals surface area (Å²) in [6.45, 7) is 8.66. The zero-order chi connectivity index (χ0) is 14.8. The first-order chi connectivity index (χ1) is 9.38. The van der Waals surface area contributed by atoms with Gasteiger partial charge in [0.1, 0.15) is 6.61 Å². The van der Waals surface area contributed by atoms with Gasteiger partial charge in [-0.25, -0.2) is 4.39 Å². The van der Waals surface area contributed by atoms with Gasteiger partial charge in [0.15, 0.2) is 11.6 Å². The van der Waals surface area contributed by atoms with Gasteiger partial charge in [0.2, 0.25) is 0 Å². The highest BCUT2D eigenvalue weighted by atomic mass is 19.1. The average Bonchev–Trinajstić information content (AvgIpc) is 2.40. The second-order valence-electron chi connectivity index (χ2n) is 6.12. The van der Waals surface area contributed by atoms with Crippen molar-refractivity contribution in [2.24, 2.45) is 0 Å². The van der Waals surface area contributed by atoms with E-state index in [0.29, 0.717) is 17.9 Å². The molecule has 0 unspecified atom stereocenters. The smallest absolute Gasteiger partial charge is 0.167 e. The highest BCUT2D eigenvalue weighted by Gasteiger charge is 2.13. The van der Waals surface area contributed by atoms with Crippen molar-refractivity contribution in [1.82, 2.24) is 0 Å². The van der Waals surface area contributed by atoms with Crippen molar-refractivity contribution in [1.29, 1.82) is 0 Å². The first kappa shape index (κ1) is 14.6. The molecule has 2 rings (SSSR count). The van der Waals surface area contributed by atoms with Gasteiger partial charge < -0.3 is 4.74 Å². The van der Waals surface area contributed by atoms with Gasteiger partial charge in [-0.15, -0.1) is 0 Å². The first-order valence-electron chi connectivity index (χ1n) is 6.85. The van der Waals surface area contributed by atoms with Crippen molar-refractivity contribution in [3.05, 3.63) is 65.0 Å². The Morgan fingerprint density at radius 2 is 1.65 bits per heavy atom. The van der Waals surface area contributed by atoms with E-state index in [4.69, 9.17) is 4.74 Å². The Morgan fingerprint density at radius 1 is 1.00 bits per heavy atom. The van der Waals surface area contributed by atoms with Crippen LogP contribution in [0.15, 0.2) is 42.5 Å². The number of ether oxygens (including phenoxy) is 1. The fourth-order valence-corrected chi connectivity index (χ4v) is 1.99. The summed E-state index contributed by atoms with van der Waals surface area (Å²) in [4.78, 5) is 0. The largest absolute Gasteiger partial charge is 0.486 e. The van der Waals surface area contributed by atoms with Gasteiger partial charge in [-0.05, 0) is 35.1 Å². The Balaban J connectivity index is 2.06. The van der Waals surface area contributed by atoms with Crippen LogP contribution in [-0.2, 0) is 12.0 Å². The summed E-state index contributed by atoms with van der Waals surface area (Å²) in [5, 5.41) is 0. The molecular weight excluding hydrogens is 251 g/mol. The molecule has 0 aliphatic rings. The molecule has 20 heavy (non-hydrogen) atoms. The summed E-state index contributed by atoms with van der Waals surface area (Å²) in [5.74, 6) is 0.0312. The molecule has 0 radical (unpaired) electrons. The number of benzene rings is 2. The fourth-order valence-electron chi connectivity index (χ4n) is 1.99. The highest BCUT2D eigenvalue weighted by Crippen LogP contribution is 2.24. The molecule has 0 bridgehead atoms. The molecule has 0 saturated carbocycles. The average molecular weight is 272 g/mol. The zero-order valence-corrected chi connectivity index (χ0v) is 12.5. The number of halogens is 1. The maximum atomic E-state index is 13.8. The van der Waals surface area contributed by atoms with Crippen molar-refractivity contribution >= 4 is 0 Å². The van der Waals surface area contributed by atoms with E-state index in [2.05, 4.69) is 32.9 Å². The maximum Gasteiger partial charge on any atom is 0.167 e. The Hall–Kier alpha value is -1.83. The van der Waals surface area contributed by atoms with E-state index >= 15 is 0 Å². The van der Waals surface area contributed by atoms with Gasteiger partial charge in [-0.1, -0.05) is 57.2 Å². The van der Waals surface area contributed by atoms with E-state index in [9.17, 15) is 4.39 Å². The van der Waals surface area contributed by atoms with E-state index < -0.39 is 0 Å². The Bertz CT molecular complexity index is 579. The monoisotopic (exact) mass is 272 g/mol. The quantitative estimate of drug-likeness (QED) is 0.763. The molecule has 0 aromatic heterocycles. The molecule has 1 nitrogen and oxygen atoms in total. The second kappa shape index (κ2) is 5.66. The minimum Gasteiger partial charge on any atom is -0.486 e. The molecule has 2 aromatic rings. The van der Waals surface area contributed by atoms with Crippen molar-refractivity contribution < 1.29 is 9.13 Å². The van der Waals surface area contributed by atoms with Crippen LogP contribution in [0.1, 0.15) is 37.5 Å². The van der Waals surface area contributed by atoms with E-state index in [1.807, 2.05) is 12.1 Å². The van der Waals surface area contributed by atoms with Crippen LogP contribution in [0.2, 0.25) is 0 Å². The molecule has 0 spiro atoms. The lowest BCUT2D eigenvalue weighted by atomic mass is 9.87. The molecule has 0 saturated heterocycles. The summed E-state index contributed by atoms with van der Waals surface area (Å²) < 4.78 is 19.4. The highest BCUT2D eigenvalue weighted by molar-refractivity contribution is 5.31. The van der Waals surface area contributed by atoms with Gasteiger partial charge in [-0.3, -0.25) is 0 Å². The van der Waals surface area contributed by atoms with Crippen LogP contribution in [0.5, 0.6) is 5.75 Å². The van der Waals surface area contributed by atoms with Gasteiger partial charge in [0.25, 0.3) is 0 Å². The summed E-state index contributed by atoms with van der Waals surface area (Å²) in [7, 11) is 0. The van der Waals surface area contributed by atoms with Crippen LogP contribution in [0.4, 0.5) is 4.39 Å². The number of hydrogen-bond donors (Lipinski definition) is 0. The van der Waals surface area contributed by atoms with Crippen LogP contribution < -0.4 is 4.74 Å². The molecular formula is C18H21FO. The molecule has 0 amide bonds. The summed E-state index contributed by atoms with van der Waals surface area (Å²) in [6.07, 6.45) is 0. The molecule has 0 N–H and O–H groups in total. The Kier molecular flexibility index (Phi) is 4.12. The Labute approximate surface area is 120 Å². The SMILES string of the molecule is Cc1cccc(OCc2ccc(C(C)(C)C)cc2)c1F. The van der Waals surface area contributed by atoms with Gasteiger partial charge >= 0.3 is 0 Å². The molecule has 106 valence electrons. The third kappa shape index (κ3) is 3.38. The van der Waals surface area contributed by atoms with Crippen LogP contribution in [0.25, 0.3) is 0 Å². The predicted octanol–water partition coefficient (Wildman–Crippen LogP) is 5.01. The summed E-state index contributed by atoms with van der Waals surface area (Å²) in [6, 6.07) is 13.5. The third-order valence-electron chi connectivity index (χ3n) is 3.37. The Morgan fingerprint density at radius 3 is 2.25 bits per heavy atom. The van der Waals surface area contributed by atoms with Crippen molar-refractivity contribution in [2.75, 3.05) is 0 Å². The van der Waals surface area contributed by atoms with Gasteiger partial charge in [0, 0.05) is 0 Å². The van der Waals surface area contributed by atoms with Crippen LogP contribution in [0.3, 0.4) is 0 Å². The maximum absolute atomic E-state index is 13.8. The molecule has 0 atom stereocenters. The van der Waals surface area contributed by atoms with Crippen LogP contribution in [-0.4, -0.2) is 0 Å². The van der Waals surface area contributed by atoms with E-state index in [0.717, 1.165) is 5.56 Å². The molecule has 0 aliphatic carbocycles. The van der Waals surface area contributed by atoms with E-state index in [1.165, 1.54) is 5.56 Å². The van der Waals surface area contributed by atoms with Crippen LogP contribution >= 0.6 is 0 Å². The predicted molar refractivity (Wildman–Crippen MR) is 80.6 cm³/mol. The number of aryl methyl sites for hydroxylation is 1. The number of hydrogen-bond acceptors (Lipinski definition) is 1. The van der Waals surface area contributed by atoms with Crippen molar-refractivity contribution in [3.63, 3.8) is 0 Å². The topological polar surface area (TPSA) is 9.23 Å². The van der Waals surface area contributed by atoms with Gasteiger partial charge in [0.05, 0.1) is 0 Å². The normalized spacial score (nSPS) is 11.4. The molecule has 2 heteroatoms. The van der Waals surface area contributed by atoms with Crippen molar-refractivity contribution in [3.8, 4) is 5.75 Å². The first-order valence-corrected chi connectivity index (χ1v) is 6.85. The lowest BCUT2D eigenvalue weighted by molar-refractivity contribution is 0.289. The molecule has 2 aromatic carbocycles. The lowest BCUT2D eigenvalue weighted by Crippen LogP contribution is -2.10. The van der Waals surface area contributed by atoms with Gasteiger partial charge in [-0.2, -0.15) is 0 Å². The lowest BCUT2D eigenvalue weighted by Gasteiger charge is -2.19. The van der Waals surface area contributed by atoms with E-state index in [-0.39, 0.29) is 11.2 Å². The standard InChI is InChI=1S/C18H21FO/c1-13-6-5-7-16(17(13)19)20-12-14-8-10-15(11-9-14)18(2,3)4/h5-11H,12H2,1-4H3. The second-order valence-corrected chi connectivity index (χ2v) is 6.12. The molecule has 0 aliphatic heterocycles. The van der Waals surface area contributed by atoms with Crippen molar-refractivity contribution in [2.45, 2.75) is 39.7 Å².